The summed E-state index contributed by atoms with van der Waals surface area (Å²) in [4.78, 5) is 12.1. The second-order valence-corrected chi connectivity index (χ2v) is 5.36. The number of hydrogen-bond acceptors (Lipinski definition) is 4. The van der Waals surface area contributed by atoms with Crippen molar-refractivity contribution in [1.29, 1.82) is 0 Å². The molecule has 0 radical (unpaired) electrons. The molecule has 0 saturated heterocycles. The minimum Gasteiger partial charge on any atom is -0.380 e. The molecule has 0 bridgehead atoms. The van der Waals surface area contributed by atoms with Crippen molar-refractivity contribution in [2.24, 2.45) is 11.7 Å². The quantitative estimate of drug-likeness (QED) is 0.745. The van der Waals surface area contributed by atoms with Gasteiger partial charge in [-0.05, 0) is 31.7 Å². The summed E-state index contributed by atoms with van der Waals surface area (Å²) in [6.45, 7) is 1.50. The molecule has 3 N–H and O–H groups in total. The molecule has 0 aromatic carbocycles. The fraction of sp³-hybridized carbons (Fsp3) is 0.714. The fourth-order valence-electron chi connectivity index (χ4n) is 2.74. The lowest BCUT2D eigenvalue weighted by Gasteiger charge is -2.32. The third-order valence-corrected chi connectivity index (χ3v) is 3.93. The van der Waals surface area contributed by atoms with Crippen LogP contribution in [0.3, 0.4) is 0 Å². The average molecular weight is 280 g/mol. The van der Waals surface area contributed by atoms with Crippen molar-refractivity contribution < 1.29 is 9.53 Å². The molecule has 112 valence electrons. The number of carbonyl (C=O) groups excluding carboxylic acids is 1. The van der Waals surface area contributed by atoms with Gasteiger partial charge in [0.05, 0.1) is 6.10 Å². The number of amides is 1. The van der Waals surface area contributed by atoms with Crippen molar-refractivity contribution in [2.75, 3.05) is 13.7 Å². The van der Waals surface area contributed by atoms with Crippen molar-refractivity contribution in [3.05, 3.63) is 18.5 Å². The molecule has 1 amide bonds. The highest BCUT2D eigenvalue weighted by Crippen LogP contribution is 2.25. The monoisotopic (exact) mass is 280 g/mol. The van der Waals surface area contributed by atoms with Crippen LogP contribution in [0, 0.1) is 5.92 Å². The van der Waals surface area contributed by atoms with E-state index in [-0.39, 0.29) is 24.0 Å². The van der Waals surface area contributed by atoms with Crippen LogP contribution in [-0.2, 0) is 16.1 Å². The molecule has 1 aliphatic rings. The van der Waals surface area contributed by atoms with Crippen LogP contribution in [0.5, 0.6) is 0 Å². The zero-order valence-electron chi connectivity index (χ0n) is 12.0. The number of hydrogen-bond donors (Lipinski definition) is 2. The normalized spacial score (nSPS) is 26.4. The van der Waals surface area contributed by atoms with Crippen LogP contribution in [0.1, 0.15) is 25.7 Å². The molecule has 1 aliphatic carbocycles. The summed E-state index contributed by atoms with van der Waals surface area (Å²) in [5, 5.41) is 7.12. The van der Waals surface area contributed by atoms with E-state index in [0.717, 1.165) is 25.8 Å². The SMILES string of the molecule is CO[C@@H]1CC[C@H](C(=O)NCCCn2cccn2)C[C@H]1N. The van der Waals surface area contributed by atoms with Gasteiger partial charge in [-0.15, -0.1) is 0 Å². The van der Waals surface area contributed by atoms with Crippen molar-refractivity contribution in [3.8, 4) is 0 Å². The molecular weight excluding hydrogens is 256 g/mol. The first-order valence-corrected chi connectivity index (χ1v) is 7.24. The molecule has 0 unspecified atom stereocenters. The Labute approximate surface area is 119 Å². The number of nitrogens with two attached hydrogens (primary N) is 1. The molecule has 20 heavy (non-hydrogen) atoms. The van der Waals surface area contributed by atoms with Gasteiger partial charge in [0.1, 0.15) is 0 Å². The number of nitrogens with one attached hydrogen (secondary N) is 1. The fourth-order valence-corrected chi connectivity index (χ4v) is 2.74. The summed E-state index contributed by atoms with van der Waals surface area (Å²) in [5.41, 5.74) is 6.02. The van der Waals surface area contributed by atoms with E-state index in [1.807, 2.05) is 16.9 Å². The van der Waals surface area contributed by atoms with Gasteiger partial charge in [0, 0.05) is 44.6 Å². The first kappa shape index (κ1) is 15.0. The maximum absolute atomic E-state index is 12.1. The number of aryl methyl sites for hydroxylation is 1. The van der Waals surface area contributed by atoms with Crippen LogP contribution in [0.2, 0.25) is 0 Å². The number of ether oxygens (including phenoxy) is 1. The lowest BCUT2D eigenvalue weighted by atomic mass is 9.83. The maximum Gasteiger partial charge on any atom is 0.223 e. The standard InChI is InChI=1S/C14H24N4O2/c1-20-13-5-4-11(10-12(13)15)14(19)16-6-2-8-18-9-3-7-17-18/h3,7,9,11-13H,2,4-6,8,10,15H2,1H3,(H,16,19)/t11-,12+,13+/m0/s1. The third-order valence-electron chi connectivity index (χ3n) is 3.93. The van der Waals surface area contributed by atoms with E-state index < -0.39 is 0 Å². The molecule has 2 rings (SSSR count). The highest BCUT2D eigenvalue weighted by atomic mass is 16.5. The van der Waals surface area contributed by atoms with Gasteiger partial charge in [-0.1, -0.05) is 0 Å². The summed E-state index contributed by atoms with van der Waals surface area (Å²) in [5.74, 6) is 0.150. The molecule has 1 saturated carbocycles. The molecule has 6 nitrogen and oxygen atoms in total. The van der Waals surface area contributed by atoms with Crippen LogP contribution in [0.4, 0.5) is 0 Å². The van der Waals surface area contributed by atoms with E-state index in [2.05, 4.69) is 10.4 Å². The minimum absolute atomic E-state index is 0.0288. The zero-order valence-corrected chi connectivity index (χ0v) is 12.0. The molecule has 1 fully saturated rings. The van der Waals surface area contributed by atoms with Gasteiger partial charge in [0.15, 0.2) is 0 Å². The topological polar surface area (TPSA) is 82.2 Å². The summed E-state index contributed by atoms with van der Waals surface area (Å²) in [6.07, 6.45) is 7.09. The molecular formula is C14H24N4O2. The van der Waals surface area contributed by atoms with E-state index in [1.54, 1.807) is 13.3 Å². The van der Waals surface area contributed by atoms with Gasteiger partial charge < -0.3 is 15.8 Å². The Morgan fingerprint density at radius 2 is 2.40 bits per heavy atom. The maximum atomic E-state index is 12.1. The first-order chi connectivity index (χ1) is 9.70. The first-order valence-electron chi connectivity index (χ1n) is 7.24. The smallest absolute Gasteiger partial charge is 0.223 e. The largest absolute Gasteiger partial charge is 0.380 e. The highest BCUT2D eigenvalue weighted by Gasteiger charge is 2.31. The molecule has 1 aromatic rings. The van der Waals surface area contributed by atoms with Gasteiger partial charge in [0.2, 0.25) is 5.91 Å². The van der Waals surface area contributed by atoms with Crippen molar-refractivity contribution in [3.63, 3.8) is 0 Å². The number of carbonyl (C=O) groups is 1. The molecule has 1 aromatic heterocycles. The summed E-state index contributed by atoms with van der Waals surface area (Å²) < 4.78 is 7.17. The lowest BCUT2D eigenvalue weighted by molar-refractivity contribution is -0.127. The predicted molar refractivity (Wildman–Crippen MR) is 76.0 cm³/mol. The molecule has 3 atom stereocenters. The van der Waals surface area contributed by atoms with Crippen molar-refractivity contribution >= 4 is 5.91 Å². The molecule has 0 spiro atoms. The van der Waals surface area contributed by atoms with E-state index in [0.29, 0.717) is 13.0 Å². The number of methoxy groups -OCH3 is 1. The van der Waals surface area contributed by atoms with Crippen molar-refractivity contribution in [1.82, 2.24) is 15.1 Å². The second kappa shape index (κ2) is 7.40. The number of rotatable bonds is 6. The number of nitrogens with zero attached hydrogens (tertiary/aromatic N) is 2. The van der Waals surface area contributed by atoms with Gasteiger partial charge in [-0.3, -0.25) is 9.48 Å². The zero-order chi connectivity index (χ0) is 14.4. The highest BCUT2D eigenvalue weighted by molar-refractivity contribution is 5.78. The summed E-state index contributed by atoms with van der Waals surface area (Å²) in [7, 11) is 1.68. The minimum atomic E-state index is -0.0337. The third kappa shape index (κ3) is 4.05. The van der Waals surface area contributed by atoms with Crippen LogP contribution in [-0.4, -0.2) is 41.5 Å². The van der Waals surface area contributed by atoms with Crippen molar-refractivity contribution in [2.45, 2.75) is 44.4 Å². The van der Waals surface area contributed by atoms with Crippen LogP contribution in [0.25, 0.3) is 0 Å². The van der Waals surface area contributed by atoms with Gasteiger partial charge >= 0.3 is 0 Å². The predicted octanol–water partition coefficient (Wildman–Crippen LogP) is 0.532. The second-order valence-electron chi connectivity index (χ2n) is 5.36. The van der Waals surface area contributed by atoms with Gasteiger partial charge in [0.25, 0.3) is 0 Å². The Bertz CT molecular complexity index is 407. The summed E-state index contributed by atoms with van der Waals surface area (Å²) in [6, 6.07) is 1.86. The Kier molecular flexibility index (Phi) is 5.55. The van der Waals surface area contributed by atoms with Crippen LogP contribution >= 0.6 is 0 Å². The lowest BCUT2D eigenvalue weighted by Crippen LogP contribution is -2.45. The van der Waals surface area contributed by atoms with Gasteiger partial charge in [-0.25, -0.2) is 0 Å². The van der Waals surface area contributed by atoms with Crippen LogP contribution in [0.15, 0.2) is 18.5 Å². The molecule has 1 heterocycles. The van der Waals surface area contributed by atoms with Gasteiger partial charge in [-0.2, -0.15) is 5.10 Å². The summed E-state index contributed by atoms with van der Waals surface area (Å²) >= 11 is 0. The van der Waals surface area contributed by atoms with Crippen LogP contribution < -0.4 is 11.1 Å². The molecule has 0 aliphatic heterocycles. The Morgan fingerprint density at radius 3 is 3.05 bits per heavy atom. The Balaban J connectivity index is 1.65. The Hall–Kier alpha value is -1.40. The number of aromatic nitrogens is 2. The van der Waals surface area contributed by atoms with E-state index >= 15 is 0 Å². The average Bonchev–Trinajstić information content (AvgIpc) is 2.96. The van der Waals surface area contributed by atoms with E-state index in [9.17, 15) is 4.79 Å². The van der Waals surface area contributed by atoms with E-state index in [4.69, 9.17) is 10.5 Å². The van der Waals surface area contributed by atoms with E-state index in [1.165, 1.54) is 0 Å². The Morgan fingerprint density at radius 1 is 1.55 bits per heavy atom. The molecule has 6 heteroatoms.